The average molecular weight is 418 g/mol. The van der Waals surface area contributed by atoms with Gasteiger partial charge in [0.25, 0.3) is 5.91 Å². The number of sulfonamides is 1. The second kappa shape index (κ2) is 9.18. The summed E-state index contributed by atoms with van der Waals surface area (Å²) in [6.07, 6.45) is 5.06. The van der Waals surface area contributed by atoms with Crippen molar-refractivity contribution < 1.29 is 18.0 Å². The Bertz CT molecular complexity index is 1210. The monoisotopic (exact) mass is 418 g/mol. The van der Waals surface area contributed by atoms with Crippen LogP contribution in [0.3, 0.4) is 0 Å². The van der Waals surface area contributed by atoms with Crippen LogP contribution in [0.5, 0.6) is 0 Å². The van der Waals surface area contributed by atoms with Crippen LogP contribution < -0.4 is 10.0 Å². The Morgan fingerprint density at radius 2 is 1.50 bits per heavy atom. The Kier molecular flexibility index (Phi) is 6.42. The molecule has 1 amide bonds. The van der Waals surface area contributed by atoms with E-state index in [1.54, 1.807) is 48.5 Å². The molecule has 0 unspecified atom stereocenters. The van der Waals surface area contributed by atoms with Gasteiger partial charge in [0.1, 0.15) is 0 Å². The number of benzene rings is 3. The Hall–Kier alpha value is -3.73. The van der Waals surface area contributed by atoms with Crippen molar-refractivity contribution in [2.24, 2.45) is 0 Å². The Morgan fingerprint density at radius 1 is 0.833 bits per heavy atom. The van der Waals surface area contributed by atoms with Crippen LogP contribution in [0.1, 0.15) is 26.3 Å². The van der Waals surface area contributed by atoms with E-state index in [2.05, 4.69) is 16.0 Å². The molecule has 2 N–H and O–H groups in total. The maximum atomic E-state index is 12.6. The number of hydrogen-bond donors (Lipinski definition) is 2. The van der Waals surface area contributed by atoms with Gasteiger partial charge >= 0.3 is 0 Å². The Balaban J connectivity index is 1.74. The van der Waals surface area contributed by atoms with Gasteiger partial charge in [-0.15, -0.1) is 6.42 Å². The van der Waals surface area contributed by atoms with E-state index in [0.717, 1.165) is 0 Å². The van der Waals surface area contributed by atoms with Crippen molar-refractivity contribution in [3.63, 3.8) is 0 Å². The van der Waals surface area contributed by atoms with Crippen molar-refractivity contribution in [3.8, 4) is 12.3 Å². The molecule has 0 radical (unpaired) electrons. The van der Waals surface area contributed by atoms with Gasteiger partial charge in [-0.3, -0.25) is 9.59 Å². The number of anilines is 1. The molecule has 0 heterocycles. The number of hydrogen-bond acceptors (Lipinski definition) is 4. The lowest BCUT2D eigenvalue weighted by Gasteiger charge is -2.09. The molecule has 0 atom stereocenters. The highest BCUT2D eigenvalue weighted by Crippen LogP contribution is 2.17. The van der Waals surface area contributed by atoms with E-state index in [1.807, 2.05) is 6.07 Å². The second-order valence-corrected chi connectivity index (χ2v) is 8.05. The molecule has 6 nitrogen and oxygen atoms in total. The number of amides is 1. The van der Waals surface area contributed by atoms with Crippen LogP contribution in [-0.2, 0) is 10.0 Å². The number of ketones is 1. The summed E-state index contributed by atoms with van der Waals surface area (Å²) in [6, 6.07) is 20.9. The third-order valence-electron chi connectivity index (χ3n) is 4.21. The zero-order valence-corrected chi connectivity index (χ0v) is 16.6. The van der Waals surface area contributed by atoms with Gasteiger partial charge in [0.15, 0.2) is 5.78 Å². The summed E-state index contributed by atoms with van der Waals surface area (Å²) in [5, 5.41) is 2.71. The number of terminal acetylenes is 1. The first kappa shape index (κ1) is 21.0. The van der Waals surface area contributed by atoms with Crippen LogP contribution in [0.25, 0.3) is 0 Å². The fourth-order valence-electron chi connectivity index (χ4n) is 2.70. The molecule has 0 aliphatic carbocycles. The molecule has 3 rings (SSSR count). The SMILES string of the molecule is C#CCNS(=O)(=O)c1ccc(C(=O)Nc2cccc(C(=O)c3ccccc3)c2)cc1. The molecule has 0 saturated carbocycles. The zero-order chi connectivity index (χ0) is 21.6. The van der Waals surface area contributed by atoms with Crippen molar-refractivity contribution in [2.75, 3.05) is 11.9 Å². The average Bonchev–Trinajstić information content (AvgIpc) is 2.78. The normalized spacial score (nSPS) is 10.8. The lowest BCUT2D eigenvalue weighted by molar-refractivity contribution is 0.102. The van der Waals surface area contributed by atoms with E-state index in [-0.39, 0.29) is 22.8 Å². The maximum Gasteiger partial charge on any atom is 0.255 e. The van der Waals surface area contributed by atoms with Crippen LogP contribution in [-0.4, -0.2) is 26.7 Å². The first-order valence-corrected chi connectivity index (χ1v) is 10.4. The van der Waals surface area contributed by atoms with Crippen LogP contribution >= 0.6 is 0 Å². The van der Waals surface area contributed by atoms with Gasteiger partial charge in [-0.05, 0) is 36.4 Å². The topological polar surface area (TPSA) is 92.3 Å². The minimum Gasteiger partial charge on any atom is -0.322 e. The summed E-state index contributed by atoms with van der Waals surface area (Å²) in [4.78, 5) is 25.1. The van der Waals surface area contributed by atoms with Crippen molar-refractivity contribution in [1.29, 1.82) is 0 Å². The van der Waals surface area contributed by atoms with E-state index < -0.39 is 15.9 Å². The first-order chi connectivity index (χ1) is 14.4. The highest BCUT2D eigenvalue weighted by molar-refractivity contribution is 7.89. The lowest BCUT2D eigenvalue weighted by atomic mass is 10.0. The predicted molar refractivity (Wildman–Crippen MR) is 115 cm³/mol. The molecule has 7 heteroatoms. The molecule has 0 aliphatic rings. The highest BCUT2D eigenvalue weighted by Gasteiger charge is 2.15. The molecule has 0 spiro atoms. The van der Waals surface area contributed by atoms with Gasteiger partial charge in [0.2, 0.25) is 10.0 Å². The lowest BCUT2D eigenvalue weighted by Crippen LogP contribution is -2.24. The molecule has 3 aromatic rings. The minimum absolute atomic E-state index is 0.00440. The fourth-order valence-corrected chi connectivity index (χ4v) is 3.64. The summed E-state index contributed by atoms with van der Waals surface area (Å²) in [7, 11) is -3.73. The summed E-state index contributed by atoms with van der Waals surface area (Å²) >= 11 is 0. The van der Waals surface area contributed by atoms with E-state index in [1.165, 1.54) is 24.3 Å². The molecule has 0 saturated heterocycles. The first-order valence-electron chi connectivity index (χ1n) is 8.95. The number of nitrogens with one attached hydrogen (secondary N) is 2. The van der Waals surface area contributed by atoms with Gasteiger partial charge < -0.3 is 5.32 Å². The van der Waals surface area contributed by atoms with Crippen LogP contribution in [0.15, 0.2) is 83.8 Å². The third-order valence-corrected chi connectivity index (χ3v) is 5.63. The van der Waals surface area contributed by atoms with E-state index >= 15 is 0 Å². The zero-order valence-electron chi connectivity index (χ0n) is 15.8. The van der Waals surface area contributed by atoms with E-state index in [4.69, 9.17) is 6.42 Å². The molecule has 0 aliphatic heterocycles. The second-order valence-electron chi connectivity index (χ2n) is 6.28. The summed E-state index contributed by atoms with van der Waals surface area (Å²) in [6.45, 7) is -0.122. The molecular formula is C23H18N2O4S. The van der Waals surface area contributed by atoms with Crippen LogP contribution in [0, 0.1) is 12.3 Å². The highest BCUT2D eigenvalue weighted by atomic mass is 32.2. The maximum absolute atomic E-state index is 12.6. The molecule has 0 aromatic heterocycles. The smallest absolute Gasteiger partial charge is 0.255 e. The Labute approximate surface area is 175 Å². The van der Waals surface area contributed by atoms with Crippen molar-refractivity contribution in [2.45, 2.75) is 4.90 Å². The number of carbonyl (C=O) groups excluding carboxylic acids is 2. The summed E-state index contributed by atoms with van der Waals surface area (Å²) in [5.41, 5.74) is 1.72. The molecule has 0 bridgehead atoms. The van der Waals surface area contributed by atoms with E-state index in [0.29, 0.717) is 16.8 Å². The van der Waals surface area contributed by atoms with Crippen molar-refractivity contribution in [3.05, 3.63) is 95.6 Å². The predicted octanol–water partition coefficient (Wildman–Crippen LogP) is 3.08. The molecular weight excluding hydrogens is 400 g/mol. The van der Waals surface area contributed by atoms with Crippen LogP contribution in [0.2, 0.25) is 0 Å². The molecule has 3 aromatic carbocycles. The Morgan fingerprint density at radius 3 is 2.17 bits per heavy atom. The third kappa shape index (κ3) is 5.00. The largest absolute Gasteiger partial charge is 0.322 e. The van der Waals surface area contributed by atoms with Gasteiger partial charge in [-0.1, -0.05) is 48.4 Å². The fraction of sp³-hybridized carbons (Fsp3) is 0.0435. The van der Waals surface area contributed by atoms with Gasteiger partial charge in [0.05, 0.1) is 11.4 Å². The molecule has 0 fully saturated rings. The van der Waals surface area contributed by atoms with Gasteiger partial charge in [-0.2, -0.15) is 4.72 Å². The van der Waals surface area contributed by atoms with Crippen molar-refractivity contribution in [1.82, 2.24) is 4.72 Å². The van der Waals surface area contributed by atoms with Gasteiger partial charge in [-0.25, -0.2) is 8.42 Å². The quantitative estimate of drug-likeness (QED) is 0.456. The van der Waals surface area contributed by atoms with E-state index in [9.17, 15) is 18.0 Å². The minimum atomic E-state index is -3.73. The van der Waals surface area contributed by atoms with Gasteiger partial charge in [0, 0.05) is 22.4 Å². The molecule has 30 heavy (non-hydrogen) atoms. The number of rotatable bonds is 7. The van der Waals surface area contributed by atoms with Crippen LogP contribution in [0.4, 0.5) is 5.69 Å². The molecule has 150 valence electrons. The number of carbonyl (C=O) groups is 2. The summed E-state index contributed by atoms with van der Waals surface area (Å²) in [5.74, 6) is 1.61. The summed E-state index contributed by atoms with van der Waals surface area (Å²) < 4.78 is 26.3. The standard InChI is InChI=1S/C23H18N2O4S/c1-2-15-24-30(28,29)21-13-11-18(12-14-21)23(27)25-20-10-6-9-19(16-20)22(26)17-7-4-3-5-8-17/h1,3-14,16,24H,15H2,(H,25,27). The van der Waals surface area contributed by atoms with Crippen molar-refractivity contribution >= 4 is 27.4 Å².